The summed E-state index contributed by atoms with van der Waals surface area (Å²) in [6.07, 6.45) is -1.09. The average Bonchev–Trinajstić information content (AvgIpc) is 2.92. The number of fused-ring (bicyclic) bond motifs is 1. The van der Waals surface area contributed by atoms with Crippen LogP contribution in [0.25, 0.3) is 0 Å². The highest BCUT2D eigenvalue weighted by atomic mass is 16.5. The Balaban J connectivity index is 1.65. The highest BCUT2D eigenvalue weighted by molar-refractivity contribution is 6.22. The van der Waals surface area contributed by atoms with Crippen LogP contribution in [0.15, 0.2) is 48.5 Å². The lowest BCUT2D eigenvalue weighted by Crippen LogP contribution is -2.45. The highest BCUT2D eigenvalue weighted by Gasteiger charge is 2.41. The van der Waals surface area contributed by atoms with Crippen LogP contribution in [0.4, 0.5) is 5.69 Å². The summed E-state index contributed by atoms with van der Waals surface area (Å²) in [6.45, 7) is 4.72. The van der Waals surface area contributed by atoms with Gasteiger partial charge in [0.25, 0.3) is 17.7 Å². The summed E-state index contributed by atoms with van der Waals surface area (Å²) < 4.78 is 5.19. The second kappa shape index (κ2) is 7.64. The van der Waals surface area contributed by atoms with Gasteiger partial charge in [-0.15, -0.1) is 0 Å². The third-order valence-electron chi connectivity index (χ3n) is 4.50. The molecule has 0 fully saturated rings. The van der Waals surface area contributed by atoms with Crippen molar-refractivity contribution in [3.05, 3.63) is 65.2 Å². The second-order valence-electron chi connectivity index (χ2n) is 6.64. The predicted molar refractivity (Wildman–Crippen MR) is 102 cm³/mol. The molecule has 0 saturated heterocycles. The maximum absolute atomic E-state index is 12.5. The van der Waals surface area contributed by atoms with E-state index in [0.29, 0.717) is 5.69 Å². The molecule has 2 aromatic carbocycles. The molecule has 0 aliphatic carbocycles. The Kier molecular flexibility index (Phi) is 5.26. The van der Waals surface area contributed by atoms with E-state index in [2.05, 4.69) is 5.32 Å². The fourth-order valence-electron chi connectivity index (χ4n) is 2.96. The lowest BCUT2D eigenvalue weighted by molar-refractivity contribution is -0.156. The molecule has 0 spiro atoms. The molecule has 0 bridgehead atoms. The summed E-state index contributed by atoms with van der Waals surface area (Å²) in [7, 11) is 0. The van der Waals surface area contributed by atoms with Crippen LogP contribution >= 0.6 is 0 Å². The maximum Gasteiger partial charge on any atom is 0.329 e. The number of rotatable bonds is 5. The van der Waals surface area contributed by atoms with E-state index in [1.165, 1.54) is 26.0 Å². The van der Waals surface area contributed by atoms with Gasteiger partial charge in [-0.3, -0.25) is 19.3 Å². The highest BCUT2D eigenvalue weighted by Crippen LogP contribution is 2.25. The van der Waals surface area contributed by atoms with Gasteiger partial charge in [-0.1, -0.05) is 24.3 Å². The lowest BCUT2D eigenvalue weighted by Gasteiger charge is -2.22. The van der Waals surface area contributed by atoms with Crippen molar-refractivity contribution in [2.75, 3.05) is 5.32 Å². The summed E-state index contributed by atoms with van der Waals surface area (Å²) in [5, 5.41) is 2.66. The molecule has 1 N–H and O–H groups in total. The van der Waals surface area contributed by atoms with E-state index < -0.39 is 35.8 Å². The van der Waals surface area contributed by atoms with E-state index in [0.717, 1.165) is 10.5 Å². The fourth-order valence-corrected chi connectivity index (χ4v) is 2.96. The van der Waals surface area contributed by atoms with Crippen molar-refractivity contribution in [1.29, 1.82) is 0 Å². The van der Waals surface area contributed by atoms with Crippen LogP contribution in [0.2, 0.25) is 0 Å². The van der Waals surface area contributed by atoms with Crippen LogP contribution in [0.5, 0.6) is 0 Å². The third-order valence-corrected chi connectivity index (χ3v) is 4.50. The van der Waals surface area contributed by atoms with Gasteiger partial charge in [0.15, 0.2) is 6.10 Å². The van der Waals surface area contributed by atoms with Crippen LogP contribution in [0, 0.1) is 6.92 Å². The number of anilines is 1. The van der Waals surface area contributed by atoms with E-state index in [-0.39, 0.29) is 11.1 Å². The molecule has 7 heteroatoms. The van der Waals surface area contributed by atoms with Gasteiger partial charge in [-0.25, -0.2) is 4.79 Å². The fraction of sp³-hybridized carbons (Fsp3) is 0.238. The Morgan fingerprint density at radius 2 is 1.57 bits per heavy atom. The minimum atomic E-state index is -1.15. The molecule has 0 radical (unpaired) electrons. The minimum absolute atomic E-state index is 0.248. The van der Waals surface area contributed by atoms with Crippen molar-refractivity contribution in [2.45, 2.75) is 32.9 Å². The quantitative estimate of drug-likeness (QED) is 0.636. The van der Waals surface area contributed by atoms with E-state index in [1.54, 1.807) is 30.3 Å². The van der Waals surface area contributed by atoms with Crippen molar-refractivity contribution in [1.82, 2.24) is 4.90 Å². The number of carbonyl (C=O) groups is 4. The van der Waals surface area contributed by atoms with Crippen molar-refractivity contribution < 1.29 is 23.9 Å². The summed E-state index contributed by atoms with van der Waals surface area (Å²) in [5.41, 5.74) is 2.05. The predicted octanol–water partition coefficient (Wildman–Crippen LogP) is 2.55. The van der Waals surface area contributed by atoms with E-state index in [9.17, 15) is 19.2 Å². The van der Waals surface area contributed by atoms with E-state index in [1.807, 2.05) is 13.0 Å². The number of benzene rings is 2. The van der Waals surface area contributed by atoms with Crippen LogP contribution in [-0.4, -0.2) is 40.7 Å². The number of carbonyl (C=O) groups excluding carboxylic acids is 4. The zero-order valence-electron chi connectivity index (χ0n) is 15.8. The van der Waals surface area contributed by atoms with E-state index >= 15 is 0 Å². The van der Waals surface area contributed by atoms with Gasteiger partial charge in [-0.05, 0) is 50.6 Å². The Morgan fingerprint density at radius 3 is 2.14 bits per heavy atom. The van der Waals surface area contributed by atoms with Crippen LogP contribution in [0.1, 0.15) is 40.1 Å². The first-order valence-corrected chi connectivity index (χ1v) is 8.84. The molecule has 1 aliphatic rings. The van der Waals surface area contributed by atoms with Crippen LogP contribution < -0.4 is 5.32 Å². The first-order chi connectivity index (χ1) is 13.3. The third kappa shape index (κ3) is 3.64. The number of hydrogen-bond donors (Lipinski definition) is 1. The number of ether oxygens (including phenoxy) is 1. The number of nitrogens with one attached hydrogen (secondary N) is 1. The Morgan fingerprint density at radius 1 is 0.964 bits per heavy atom. The molecular formula is C21H20N2O5. The monoisotopic (exact) mass is 380 g/mol. The van der Waals surface area contributed by atoms with Crippen molar-refractivity contribution in [3.63, 3.8) is 0 Å². The first-order valence-electron chi connectivity index (χ1n) is 8.84. The number of hydrogen-bond acceptors (Lipinski definition) is 5. The normalized spacial score (nSPS) is 15.0. The van der Waals surface area contributed by atoms with Gasteiger partial charge in [0.1, 0.15) is 6.04 Å². The zero-order chi connectivity index (χ0) is 20.4. The molecule has 0 aromatic heterocycles. The maximum atomic E-state index is 12.5. The molecule has 1 heterocycles. The van der Waals surface area contributed by atoms with Crippen molar-refractivity contribution in [3.8, 4) is 0 Å². The van der Waals surface area contributed by atoms with Gasteiger partial charge >= 0.3 is 5.97 Å². The standard InChI is InChI=1S/C21H20N2O5/c1-12-7-6-8-15(11-12)22-18(24)14(3)28-21(27)13(2)23-19(25)16-9-4-5-10-17(16)20(23)26/h4-11,13-14H,1-3H3,(H,22,24)/t13-,14+/m0/s1. The largest absolute Gasteiger partial charge is 0.451 e. The summed E-state index contributed by atoms with van der Waals surface area (Å²) in [6, 6.07) is 12.4. The van der Waals surface area contributed by atoms with Gasteiger partial charge < -0.3 is 10.1 Å². The van der Waals surface area contributed by atoms with Crippen LogP contribution in [-0.2, 0) is 14.3 Å². The van der Waals surface area contributed by atoms with Gasteiger partial charge in [0.05, 0.1) is 11.1 Å². The number of aryl methyl sites for hydroxylation is 1. The first kappa shape index (κ1) is 19.3. The second-order valence-corrected chi connectivity index (χ2v) is 6.64. The smallest absolute Gasteiger partial charge is 0.329 e. The van der Waals surface area contributed by atoms with Crippen molar-refractivity contribution >= 4 is 29.4 Å². The number of amides is 3. The molecule has 3 amide bonds. The molecule has 7 nitrogen and oxygen atoms in total. The molecule has 28 heavy (non-hydrogen) atoms. The van der Waals surface area contributed by atoms with Crippen molar-refractivity contribution in [2.24, 2.45) is 0 Å². The topological polar surface area (TPSA) is 92.8 Å². The molecule has 144 valence electrons. The molecule has 2 aromatic rings. The van der Waals surface area contributed by atoms with Gasteiger partial charge in [0.2, 0.25) is 0 Å². The number of esters is 1. The molecule has 0 unspecified atom stereocenters. The van der Waals surface area contributed by atoms with Crippen LogP contribution in [0.3, 0.4) is 0 Å². The molecule has 3 rings (SSSR count). The summed E-state index contributed by atoms with van der Waals surface area (Å²) in [5.74, 6) is -2.45. The molecule has 2 atom stereocenters. The van der Waals surface area contributed by atoms with Gasteiger partial charge in [0, 0.05) is 5.69 Å². The number of nitrogens with zero attached hydrogens (tertiary/aromatic N) is 1. The Bertz CT molecular complexity index is 934. The van der Waals surface area contributed by atoms with Gasteiger partial charge in [-0.2, -0.15) is 0 Å². The summed E-state index contributed by atoms with van der Waals surface area (Å²) in [4.78, 5) is 50.5. The lowest BCUT2D eigenvalue weighted by atomic mass is 10.1. The van der Waals surface area contributed by atoms with E-state index in [4.69, 9.17) is 4.74 Å². The zero-order valence-corrected chi connectivity index (χ0v) is 15.8. The number of imide groups is 1. The molecular weight excluding hydrogens is 360 g/mol. The molecule has 0 saturated carbocycles. The Labute approximate surface area is 162 Å². The molecule has 1 aliphatic heterocycles. The summed E-state index contributed by atoms with van der Waals surface area (Å²) >= 11 is 0. The SMILES string of the molecule is Cc1cccc(NC(=O)[C@@H](C)OC(=O)[C@H](C)N2C(=O)c3ccccc3C2=O)c1. The average molecular weight is 380 g/mol. The Hall–Kier alpha value is -3.48. The minimum Gasteiger partial charge on any atom is -0.451 e.